The summed E-state index contributed by atoms with van der Waals surface area (Å²) in [5.74, 6) is 0.0478. The molecule has 1 saturated heterocycles. The van der Waals surface area contributed by atoms with E-state index in [1.165, 1.54) is 11.3 Å². The zero-order valence-corrected chi connectivity index (χ0v) is 13.3. The standard InChI is InChI=1S/C15H18N4O2S/c1-11-13(18-5-4-17-11)3-2-12-9-21-7-6-19(12)15(20)14-8-16-10-22-14/h4-5,8,10,12H,2-3,6-7,9H2,1H3/t12-/m0/s1. The fourth-order valence-electron chi connectivity index (χ4n) is 2.61. The molecule has 7 heteroatoms. The highest BCUT2D eigenvalue weighted by atomic mass is 32.1. The van der Waals surface area contributed by atoms with Crippen molar-refractivity contribution in [1.29, 1.82) is 0 Å². The minimum Gasteiger partial charge on any atom is -0.377 e. The average Bonchev–Trinajstić information content (AvgIpc) is 3.08. The van der Waals surface area contributed by atoms with Gasteiger partial charge in [-0.3, -0.25) is 19.7 Å². The predicted octanol–water partition coefficient (Wildman–Crippen LogP) is 1.72. The summed E-state index contributed by atoms with van der Waals surface area (Å²) in [4.78, 5) is 27.8. The summed E-state index contributed by atoms with van der Waals surface area (Å²) >= 11 is 1.38. The highest BCUT2D eigenvalue weighted by Gasteiger charge is 2.28. The maximum absolute atomic E-state index is 12.6. The van der Waals surface area contributed by atoms with Gasteiger partial charge in [0, 0.05) is 18.9 Å². The van der Waals surface area contributed by atoms with Crippen LogP contribution in [0.15, 0.2) is 24.1 Å². The Morgan fingerprint density at radius 3 is 3.09 bits per heavy atom. The number of aromatic nitrogens is 3. The topological polar surface area (TPSA) is 68.2 Å². The third-order valence-corrected chi connectivity index (χ3v) is 4.59. The summed E-state index contributed by atoms with van der Waals surface area (Å²) < 4.78 is 5.56. The lowest BCUT2D eigenvalue weighted by Crippen LogP contribution is -2.48. The maximum Gasteiger partial charge on any atom is 0.265 e. The van der Waals surface area contributed by atoms with Gasteiger partial charge in [0.05, 0.1) is 42.4 Å². The Hall–Kier alpha value is -1.86. The molecule has 0 unspecified atom stereocenters. The number of hydrogen-bond acceptors (Lipinski definition) is 6. The van der Waals surface area contributed by atoms with Gasteiger partial charge in [0.1, 0.15) is 4.88 Å². The molecule has 22 heavy (non-hydrogen) atoms. The molecule has 0 N–H and O–H groups in total. The molecular weight excluding hydrogens is 300 g/mol. The van der Waals surface area contributed by atoms with Gasteiger partial charge >= 0.3 is 0 Å². The Kier molecular flexibility index (Phi) is 4.74. The van der Waals surface area contributed by atoms with E-state index >= 15 is 0 Å². The predicted molar refractivity (Wildman–Crippen MR) is 82.8 cm³/mol. The van der Waals surface area contributed by atoms with Gasteiger partial charge in [0.25, 0.3) is 5.91 Å². The number of carbonyl (C=O) groups excluding carboxylic acids is 1. The monoisotopic (exact) mass is 318 g/mol. The van der Waals surface area contributed by atoms with E-state index in [0.29, 0.717) is 24.6 Å². The van der Waals surface area contributed by atoms with Crippen molar-refractivity contribution < 1.29 is 9.53 Å². The van der Waals surface area contributed by atoms with Gasteiger partial charge in [-0.05, 0) is 19.8 Å². The van der Waals surface area contributed by atoms with Crippen LogP contribution in [0, 0.1) is 6.92 Å². The van der Waals surface area contributed by atoms with Crippen LogP contribution in [0.2, 0.25) is 0 Å². The van der Waals surface area contributed by atoms with Crippen molar-refractivity contribution >= 4 is 17.2 Å². The Morgan fingerprint density at radius 2 is 2.32 bits per heavy atom. The first-order chi connectivity index (χ1) is 10.8. The molecule has 3 rings (SSSR count). The second-order valence-corrected chi connectivity index (χ2v) is 6.11. The molecule has 1 amide bonds. The van der Waals surface area contributed by atoms with E-state index in [0.717, 1.165) is 24.2 Å². The molecule has 0 aromatic carbocycles. The van der Waals surface area contributed by atoms with Gasteiger partial charge in [-0.15, -0.1) is 11.3 Å². The molecule has 116 valence electrons. The summed E-state index contributed by atoms with van der Waals surface area (Å²) in [6.07, 6.45) is 6.65. The lowest BCUT2D eigenvalue weighted by molar-refractivity contribution is -0.00389. The van der Waals surface area contributed by atoms with Crippen LogP contribution in [0.3, 0.4) is 0 Å². The van der Waals surface area contributed by atoms with E-state index in [2.05, 4.69) is 15.0 Å². The number of hydrogen-bond donors (Lipinski definition) is 0. The first-order valence-electron chi connectivity index (χ1n) is 7.29. The molecule has 0 spiro atoms. The molecule has 1 aliphatic rings. The molecule has 0 aliphatic carbocycles. The van der Waals surface area contributed by atoms with Crippen molar-refractivity contribution in [3.8, 4) is 0 Å². The van der Waals surface area contributed by atoms with Crippen LogP contribution in [0.25, 0.3) is 0 Å². The van der Waals surface area contributed by atoms with Crippen molar-refractivity contribution in [2.45, 2.75) is 25.8 Å². The van der Waals surface area contributed by atoms with Gasteiger partial charge in [0.2, 0.25) is 0 Å². The van der Waals surface area contributed by atoms with E-state index in [9.17, 15) is 4.79 Å². The Bertz CT molecular complexity index is 632. The number of aryl methyl sites for hydroxylation is 2. The highest BCUT2D eigenvalue weighted by molar-refractivity contribution is 7.11. The maximum atomic E-state index is 12.6. The second kappa shape index (κ2) is 6.93. The van der Waals surface area contributed by atoms with Crippen molar-refractivity contribution in [2.75, 3.05) is 19.8 Å². The number of nitrogens with zero attached hydrogens (tertiary/aromatic N) is 4. The Labute approximate surface area is 133 Å². The molecule has 1 aliphatic heterocycles. The summed E-state index contributed by atoms with van der Waals surface area (Å²) in [5.41, 5.74) is 3.61. The van der Waals surface area contributed by atoms with E-state index in [-0.39, 0.29) is 11.9 Å². The van der Waals surface area contributed by atoms with Crippen molar-refractivity contribution in [2.24, 2.45) is 0 Å². The first-order valence-corrected chi connectivity index (χ1v) is 8.17. The zero-order chi connectivity index (χ0) is 15.4. The quantitative estimate of drug-likeness (QED) is 0.858. The van der Waals surface area contributed by atoms with E-state index in [1.807, 2.05) is 11.8 Å². The number of ether oxygens (including phenoxy) is 1. The van der Waals surface area contributed by atoms with Crippen LogP contribution in [0.1, 0.15) is 27.5 Å². The third-order valence-electron chi connectivity index (χ3n) is 3.83. The smallest absolute Gasteiger partial charge is 0.265 e. The molecule has 1 fully saturated rings. The number of amides is 1. The number of carbonyl (C=O) groups is 1. The molecule has 2 aromatic rings. The van der Waals surface area contributed by atoms with Gasteiger partial charge < -0.3 is 9.64 Å². The van der Waals surface area contributed by atoms with Crippen LogP contribution in [-0.4, -0.2) is 51.6 Å². The normalized spacial score (nSPS) is 18.4. The fourth-order valence-corrected chi connectivity index (χ4v) is 3.18. The molecule has 0 radical (unpaired) electrons. The Morgan fingerprint density at radius 1 is 1.45 bits per heavy atom. The highest BCUT2D eigenvalue weighted by Crippen LogP contribution is 2.18. The number of morpholine rings is 1. The van der Waals surface area contributed by atoms with Crippen molar-refractivity contribution in [1.82, 2.24) is 19.9 Å². The lowest BCUT2D eigenvalue weighted by Gasteiger charge is -2.35. The van der Waals surface area contributed by atoms with Crippen molar-refractivity contribution in [3.05, 3.63) is 40.4 Å². The van der Waals surface area contributed by atoms with Crippen molar-refractivity contribution in [3.63, 3.8) is 0 Å². The van der Waals surface area contributed by atoms with Gasteiger partial charge in [-0.2, -0.15) is 0 Å². The van der Waals surface area contributed by atoms with E-state index < -0.39 is 0 Å². The van der Waals surface area contributed by atoms with Crippen LogP contribution in [0.4, 0.5) is 0 Å². The summed E-state index contributed by atoms with van der Waals surface area (Å²) in [7, 11) is 0. The van der Waals surface area contributed by atoms with E-state index in [4.69, 9.17) is 4.74 Å². The minimum atomic E-state index is 0.0478. The number of thiazole rings is 1. The summed E-state index contributed by atoms with van der Waals surface area (Å²) in [6.45, 7) is 3.75. The molecule has 6 nitrogen and oxygen atoms in total. The van der Waals surface area contributed by atoms with Crippen LogP contribution in [-0.2, 0) is 11.2 Å². The summed E-state index contributed by atoms with van der Waals surface area (Å²) in [6, 6.07) is 0.0738. The number of rotatable bonds is 4. The minimum absolute atomic E-state index is 0.0478. The van der Waals surface area contributed by atoms with Gasteiger partial charge in [-0.25, -0.2) is 0 Å². The first kappa shape index (κ1) is 15.1. The van der Waals surface area contributed by atoms with Crippen LogP contribution < -0.4 is 0 Å². The van der Waals surface area contributed by atoms with E-state index in [1.54, 1.807) is 24.1 Å². The van der Waals surface area contributed by atoms with Crippen LogP contribution >= 0.6 is 11.3 Å². The fraction of sp³-hybridized carbons (Fsp3) is 0.467. The Balaban J connectivity index is 1.68. The third kappa shape index (κ3) is 3.31. The average molecular weight is 318 g/mol. The molecule has 0 bridgehead atoms. The SMILES string of the molecule is Cc1nccnc1CC[C@H]1COCCN1C(=O)c1cncs1. The van der Waals surface area contributed by atoms with Crippen LogP contribution in [0.5, 0.6) is 0 Å². The molecule has 3 heterocycles. The molecule has 2 aromatic heterocycles. The van der Waals surface area contributed by atoms with Gasteiger partial charge in [0.15, 0.2) is 0 Å². The van der Waals surface area contributed by atoms with Gasteiger partial charge in [-0.1, -0.05) is 0 Å². The molecule has 0 saturated carbocycles. The summed E-state index contributed by atoms with van der Waals surface area (Å²) in [5, 5.41) is 0. The zero-order valence-electron chi connectivity index (χ0n) is 12.4. The molecule has 1 atom stereocenters. The second-order valence-electron chi connectivity index (χ2n) is 5.22. The molecular formula is C15H18N4O2S. The lowest BCUT2D eigenvalue weighted by atomic mass is 10.1. The largest absolute Gasteiger partial charge is 0.377 e.